The average Bonchev–Trinajstić information content (AvgIpc) is 2.84. The molecule has 0 N–H and O–H groups in total. The normalized spacial score (nSPS) is 16.9. The van der Waals surface area contributed by atoms with E-state index in [1.54, 1.807) is 31.2 Å². The molecule has 1 aromatic rings. The first kappa shape index (κ1) is 28.1. The fraction of sp³-hybridized carbons (Fsp3) is 0.483. The predicted octanol–water partition coefficient (Wildman–Crippen LogP) is 6.18. The van der Waals surface area contributed by atoms with Gasteiger partial charge < -0.3 is 14.2 Å². The largest absolute Gasteiger partial charge is 0.463 e. The molecule has 6 nitrogen and oxygen atoms in total. The van der Waals surface area contributed by atoms with Gasteiger partial charge in [0, 0.05) is 18.1 Å². The summed E-state index contributed by atoms with van der Waals surface area (Å²) >= 11 is 0. The first-order chi connectivity index (χ1) is 16.7. The third kappa shape index (κ3) is 9.19. The number of esters is 3. The van der Waals surface area contributed by atoms with Gasteiger partial charge in [0.15, 0.2) is 0 Å². The molecule has 0 unspecified atom stereocenters. The zero-order valence-corrected chi connectivity index (χ0v) is 21.2. The van der Waals surface area contributed by atoms with Crippen molar-refractivity contribution in [1.29, 1.82) is 0 Å². The van der Waals surface area contributed by atoms with Crippen LogP contribution in [0.5, 0.6) is 0 Å². The van der Waals surface area contributed by atoms with E-state index in [4.69, 9.17) is 14.2 Å². The molecule has 0 heterocycles. The van der Waals surface area contributed by atoms with Crippen LogP contribution in [0, 0.1) is 5.92 Å². The van der Waals surface area contributed by atoms with E-state index in [-0.39, 0.29) is 5.97 Å². The lowest BCUT2D eigenvalue weighted by Gasteiger charge is -2.28. The number of benzene rings is 1. The highest BCUT2D eigenvalue weighted by molar-refractivity contribution is 5.87. The molecule has 0 bridgehead atoms. The molecule has 0 saturated carbocycles. The molecular weight excluding hydrogens is 444 g/mol. The molecule has 0 radical (unpaired) electrons. The van der Waals surface area contributed by atoms with Gasteiger partial charge >= 0.3 is 17.9 Å². The van der Waals surface area contributed by atoms with Gasteiger partial charge in [-0.3, -0.25) is 4.79 Å². The standard InChI is InChI=1S/C29H38O6/c1-6-33-28(31)21(4)12-10-11-15-26(24-18-16-23(17-19-24)20(2)3)35-29(32)27(34-22(5)30)25-13-8-7-9-14-25/h7-9,13-14,18,23,26-27H,2,4,6,10-12,15-17,19H2,1,3,5H3/t23-,26+,27+/m1/s1. The number of hydrogen-bond acceptors (Lipinski definition) is 6. The summed E-state index contributed by atoms with van der Waals surface area (Å²) in [6, 6.07) is 8.88. The quantitative estimate of drug-likeness (QED) is 0.110. The number of allylic oxidation sites excluding steroid dienone is 2. The summed E-state index contributed by atoms with van der Waals surface area (Å²) in [4.78, 5) is 36.7. The van der Waals surface area contributed by atoms with Crippen LogP contribution in [0.4, 0.5) is 0 Å². The first-order valence-corrected chi connectivity index (χ1v) is 12.3. The molecule has 35 heavy (non-hydrogen) atoms. The summed E-state index contributed by atoms with van der Waals surface area (Å²) in [6.45, 7) is 13.3. The van der Waals surface area contributed by atoms with E-state index in [9.17, 15) is 14.4 Å². The van der Waals surface area contributed by atoms with Gasteiger partial charge in [-0.2, -0.15) is 0 Å². The topological polar surface area (TPSA) is 78.9 Å². The molecule has 0 spiro atoms. The van der Waals surface area contributed by atoms with Crippen LogP contribution in [0.2, 0.25) is 0 Å². The summed E-state index contributed by atoms with van der Waals surface area (Å²) in [5, 5.41) is 0. The molecule has 0 saturated heterocycles. The number of carbonyl (C=O) groups is 3. The number of carbonyl (C=O) groups excluding carboxylic acids is 3. The van der Waals surface area contributed by atoms with E-state index in [0.717, 1.165) is 43.3 Å². The Morgan fingerprint density at radius 3 is 2.34 bits per heavy atom. The second-order valence-corrected chi connectivity index (χ2v) is 8.99. The van der Waals surface area contributed by atoms with Crippen LogP contribution < -0.4 is 0 Å². The van der Waals surface area contributed by atoms with Crippen LogP contribution >= 0.6 is 0 Å². The Morgan fingerprint density at radius 1 is 1.06 bits per heavy atom. The monoisotopic (exact) mass is 482 g/mol. The van der Waals surface area contributed by atoms with Crippen molar-refractivity contribution in [1.82, 2.24) is 0 Å². The van der Waals surface area contributed by atoms with Gasteiger partial charge in [-0.1, -0.05) is 55.1 Å². The van der Waals surface area contributed by atoms with Gasteiger partial charge in [0.2, 0.25) is 6.10 Å². The second kappa shape index (κ2) is 14.3. The minimum absolute atomic E-state index is 0.320. The summed E-state index contributed by atoms with van der Waals surface area (Å²) in [5.74, 6) is -1.08. The van der Waals surface area contributed by atoms with Crippen LogP contribution in [-0.2, 0) is 28.6 Å². The molecule has 2 rings (SSSR count). The molecule has 0 aliphatic heterocycles. The Balaban J connectivity index is 2.11. The van der Waals surface area contributed by atoms with Gasteiger partial charge in [-0.25, -0.2) is 9.59 Å². The highest BCUT2D eigenvalue weighted by atomic mass is 16.6. The van der Waals surface area contributed by atoms with Crippen LogP contribution in [0.25, 0.3) is 0 Å². The molecule has 0 fully saturated rings. The van der Waals surface area contributed by atoms with Crippen molar-refractivity contribution in [2.24, 2.45) is 5.92 Å². The van der Waals surface area contributed by atoms with E-state index in [1.807, 2.05) is 13.0 Å². The summed E-state index contributed by atoms with van der Waals surface area (Å²) < 4.78 is 16.3. The molecule has 0 amide bonds. The Hall–Kier alpha value is -3.15. The van der Waals surface area contributed by atoms with E-state index >= 15 is 0 Å². The van der Waals surface area contributed by atoms with Crippen LogP contribution in [-0.4, -0.2) is 30.6 Å². The molecular formula is C29H38O6. The zero-order valence-electron chi connectivity index (χ0n) is 21.2. The Morgan fingerprint density at radius 2 is 1.77 bits per heavy atom. The van der Waals surface area contributed by atoms with Crippen molar-refractivity contribution in [2.75, 3.05) is 6.61 Å². The number of rotatable bonds is 13. The van der Waals surface area contributed by atoms with E-state index in [1.165, 1.54) is 6.92 Å². The smallest absolute Gasteiger partial charge is 0.352 e. The van der Waals surface area contributed by atoms with E-state index in [2.05, 4.69) is 19.2 Å². The van der Waals surface area contributed by atoms with Gasteiger partial charge in [-0.15, -0.1) is 0 Å². The molecule has 3 atom stereocenters. The zero-order chi connectivity index (χ0) is 25.8. The molecule has 1 aliphatic rings. The second-order valence-electron chi connectivity index (χ2n) is 8.99. The van der Waals surface area contributed by atoms with Crippen molar-refractivity contribution in [3.05, 3.63) is 71.8 Å². The lowest BCUT2D eigenvalue weighted by molar-refractivity contribution is -0.170. The van der Waals surface area contributed by atoms with Crippen molar-refractivity contribution < 1.29 is 28.6 Å². The van der Waals surface area contributed by atoms with Gasteiger partial charge in [0.05, 0.1) is 6.61 Å². The van der Waals surface area contributed by atoms with Crippen LogP contribution in [0.3, 0.4) is 0 Å². The number of unbranched alkanes of at least 4 members (excludes halogenated alkanes) is 1. The minimum atomic E-state index is -1.12. The Labute approximate surface area is 209 Å². The van der Waals surface area contributed by atoms with Crippen molar-refractivity contribution in [3.63, 3.8) is 0 Å². The maximum absolute atomic E-state index is 13.2. The Kier molecular flexibility index (Phi) is 11.5. The van der Waals surface area contributed by atoms with Crippen molar-refractivity contribution >= 4 is 17.9 Å². The fourth-order valence-electron chi connectivity index (χ4n) is 4.17. The van der Waals surface area contributed by atoms with E-state index in [0.29, 0.717) is 36.5 Å². The van der Waals surface area contributed by atoms with Crippen molar-refractivity contribution in [2.45, 2.75) is 77.9 Å². The minimum Gasteiger partial charge on any atom is -0.463 e. The predicted molar refractivity (Wildman–Crippen MR) is 135 cm³/mol. The SMILES string of the molecule is C=C(CCCC[C@H](OC(=O)[C@@H](OC(C)=O)c1ccccc1)C1=CC[C@@H](C(=C)C)CC1)C(=O)OCC. The molecule has 6 heteroatoms. The molecule has 1 aliphatic carbocycles. The Bertz CT molecular complexity index is 930. The van der Waals surface area contributed by atoms with Gasteiger partial charge in [0.1, 0.15) is 6.10 Å². The number of ether oxygens (including phenoxy) is 3. The summed E-state index contributed by atoms with van der Waals surface area (Å²) in [7, 11) is 0. The van der Waals surface area contributed by atoms with Crippen LogP contribution in [0.1, 0.15) is 77.4 Å². The highest BCUT2D eigenvalue weighted by Crippen LogP contribution is 2.33. The lowest BCUT2D eigenvalue weighted by Crippen LogP contribution is -2.28. The maximum Gasteiger partial charge on any atom is 0.352 e. The lowest BCUT2D eigenvalue weighted by atomic mass is 9.83. The number of hydrogen-bond donors (Lipinski definition) is 0. The summed E-state index contributed by atoms with van der Waals surface area (Å²) in [6.07, 6.45) is 5.84. The molecule has 1 aromatic carbocycles. The van der Waals surface area contributed by atoms with Gasteiger partial charge in [0.25, 0.3) is 0 Å². The highest BCUT2D eigenvalue weighted by Gasteiger charge is 2.30. The maximum atomic E-state index is 13.2. The first-order valence-electron chi connectivity index (χ1n) is 12.3. The molecule has 0 aromatic heterocycles. The third-order valence-corrected chi connectivity index (χ3v) is 6.17. The fourth-order valence-corrected chi connectivity index (χ4v) is 4.17. The average molecular weight is 483 g/mol. The van der Waals surface area contributed by atoms with E-state index < -0.39 is 24.1 Å². The van der Waals surface area contributed by atoms with Crippen LogP contribution in [0.15, 0.2) is 66.3 Å². The molecule has 190 valence electrons. The summed E-state index contributed by atoms with van der Waals surface area (Å²) in [5.41, 5.74) is 3.25. The third-order valence-electron chi connectivity index (χ3n) is 6.17. The van der Waals surface area contributed by atoms with Crippen molar-refractivity contribution in [3.8, 4) is 0 Å². The van der Waals surface area contributed by atoms with Gasteiger partial charge in [-0.05, 0) is 70.3 Å².